The molecule has 3 rings (SSSR count). The number of fused-ring (bicyclic) bond motifs is 2. The quantitative estimate of drug-likeness (QED) is 0.743. The topological polar surface area (TPSA) is 49.4 Å². The summed E-state index contributed by atoms with van der Waals surface area (Å²) < 4.78 is 5.89. The van der Waals surface area contributed by atoms with Crippen molar-refractivity contribution >= 4 is 5.97 Å². The van der Waals surface area contributed by atoms with E-state index in [0.29, 0.717) is 23.0 Å². The van der Waals surface area contributed by atoms with Crippen molar-refractivity contribution in [1.29, 1.82) is 0 Å². The molecule has 0 N–H and O–H groups in total. The minimum Gasteiger partial charge on any atom is -0.549 e. The Hall–Kier alpha value is -1.29. The molecule has 2 aromatic rings. The Morgan fingerprint density at radius 1 is 1.14 bits per heavy atom. The van der Waals surface area contributed by atoms with E-state index in [2.05, 4.69) is 13.8 Å². The molecule has 1 atom stereocenters. The summed E-state index contributed by atoms with van der Waals surface area (Å²) in [7, 11) is 0. The normalized spacial score (nSPS) is 15.3. The van der Waals surface area contributed by atoms with E-state index in [1.807, 2.05) is 30.3 Å². The number of carboxylic acid groups (broad SMARTS) is 1. The van der Waals surface area contributed by atoms with Crippen molar-refractivity contribution in [2.24, 2.45) is 5.92 Å². The summed E-state index contributed by atoms with van der Waals surface area (Å²) in [6, 6.07) is 13.0. The monoisotopic (exact) mass is 304 g/mol. The van der Waals surface area contributed by atoms with E-state index in [1.54, 1.807) is 12.1 Å². The van der Waals surface area contributed by atoms with E-state index < -0.39 is 11.9 Å². The van der Waals surface area contributed by atoms with Gasteiger partial charge < -0.3 is 14.6 Å². The fourth-order valence-corrected chi connectivity index (χ4v) is 2.95. The van der Waals surface area contributed by atoms with Crippen molar-refractivity contribution in [2.45, 2.75) is 26.2 Å². The van der Waals surface area contributed by atoms with Crippen LogP contribution in [0, 0.1) is 5.92 Å². The minimum atomic E-state index is -1.08. The summed E-state index contributed by atoms with van der Waals surface area (Å²) >= 11 is 0. The Morgan fingerprint density at radius 3 is 2.50 bits per heavy atom. The van der Waals surface area contributed by atoms with Crippen LogP contribution in [0.3, 0.4) is 0 Å². The van der Waals surface area contributed by atoms with Crippen LogP contribution in [0.1, 0.15) is 36.5 Å². The summed E-state index contributed by atoms with van der Waals surface area (Å²) in [5.74, 6) is -0.180. The SMILES string of the molecule is CC(C)Cc1cccc2c1C(C(=O)[O-])c1ccccc1O2.[Na+]. The maximum Gasteiger partial charge on any atom is 1.00 e. The van der Waals surface area contributed by atoms with Gasteiger partial charge in [-0.1, -0.05) is 44.2 Å². The second-order valence-electron chi connectivity index (χ2n) is 5.82. The van der Waals surface area contributed by atoms with Gasteiger partial charge in [-0.05, 0) is 30.0 Å². The second-order valence-corrected chi connectivity index (χ2v) is 5.82. The van der Waals surface area contributed by atoms with Gasteiger partial charge in [-0.15, -0.1) is 0 Å². The van der Waals surface area contributed by atoms with Crippen LogP contribution in [0.15, 0.2) is 42.5 Å². The standard InChI is InChI=1S/C18H18O3.Na/c1-11(2)10-12-6-5-9-15-16(12)17(18(19)20)13-7-3-4-8-14(13)21-15;/h3-9,11,17H,10H2,1-2H3,(H,19,20);/q;+1/p-1. The number of carbonyl (C=O) groups is 1. The number of rotatable bonds is 3. The number of ether oxygens (including phenoxy) is 1. The van der Waals surface area contributed by atoms with Crippen molar-refractivity contribution in [3.05, 3.63) is 59.2 Å². The van der Waals surface area contributed by atoms with Gasteiger partial charge in [0.15, 0.2) is 0 Å². The van der Waals surface area contributed by atoms with Crippen LogP contribution >= 0.6 is 0 Å². The van der Waals surface area contributed by atoms with Gasteiger partial charge in [0.1, 0.15) is 11.5 Å². The van der Waals surface area contributed by atoms with Crippen molar-refractivity contribution in [3.8, 4) is 11.5 Å². The van der Waals surface area contributed by atoms with E-state index in [9.17, 15) is 9.90 Å². The number of carbonyl (C=O) groups excluding carboxylic acids is 1. The van der Waals surface area contributed by atoms with Crippen LogP contribution in [-0.4, -0.2) is 5.97 Å². The predicted molar refractivity (Wildman–Crippen MR) is 78.4 cm³/mol. The van der Waals surface area contributed by atoms with Crippen molar-refractivity contribution < 1.29 is 44.2 Å². The van der Waals surface area contributed by atoms with Crippen LogP contribution in [0.5, 0.6) is 11.5 Å². The van der Waals surface area contributed by atoms with Gasteiger partial charge in [0.25, 0.3) is 0 Å². The van der Waals surface area contributed by atoms with Gasteiger partial charge in [-0.2, -0.15) is 0 Å². The molecule has 4 heteroatoms. The third-order valence-electron chi connectivity index (χ3n) is 3.76. The molecule has 0 aromatic heterocycles. The maximum atomic E-state index is 11.8. The largest absolute Gasteiger partial charge is 1.00 e. The molecule has 0 spiro atoms. The molecule has 2 aromatic carbocycles. The van der Waals surface area contributed by atoms with E-state index in [-0.39, 0.29) is 29.6 Å². The molecule has 0 saturated carbocycles. The minimum absolute atomic E-state index is 0. The fraction of sp³-hybridized carbons (Fsp3) is 0.278. The predicted octanol–water partition coefficient (Wildman–Crippen LogP) is -0.123. The fourth-order valence-electron chi connectivity index (χ4n) is 2.95. The number of carboxylic acids is 1. The van der Waals surface area contributed by atoms with Crippen LogP contribution in [0.25, 0.3) is 0 Å². The average molecular weight is 304 g/mol. The van der Waals surface area contributed by atoms with Crippen molar-refractivity contribution in [3.63, 3.8) is 0 Å². The Balaban J connectivity index is 0.00000176. The molecule has 1 aliphatic heterocycles. The summed E-state index contributed by atoms with van der Waals surface area (Å²) in [5, 5.41) is 11.8. The summed E-state index contributed by atoms with van der Waals surface area (Å²) in [6.07, 6.45) is 0.818. The summed E-state index contributed by atoms with van der Waals surface area (Å²) in [4.78, 5) is 11.8. The summed E-state index contributed by atoms with van der Waals surface area (Å²) in [5.41, 5.74) is 2.43. The molecule has 0 amide bonds. The van der Waals surface area contributed by atoms with Gasteiger partial charge in [0.2, 0.25) is 0 Å². The molecular formula is C18H17NaO3. The zero-order chi connectivity index (χ0) is 15.0. The molecule has 1 heterocycles. The molecule has 22 heavy (non-hydrogen) atoms. The number of hydrogen-bond donors (Lipinski definition) is 0. The number of benzene rings is 2. The second kappa shape index (κ2) is 6.86. The zero-order valence-electron chi connectivity index (χ0n) is 13.1. The van der Waals surface area contributed by atoms with Gasteiger partial charge in [0, 0.05) is 11.1 Å². The van der Waals surface area contributed by atoms with Gasteiger partial charge >= 0.3 is 29.6 Å². The Bertz CT molecular complexity index is 694. The molecular weight excluding hydrogens is 287 g/mol. The molecule has 0 aliphatic carbocycles. The van der Waals surface area contributed by atoms with Crippen LogP contribution in [0.4, 0.5) is 0 Å². The Kier molecular flexibility index (Phi) is 5.32. The first-order valence-electron chi connectivity index (χ1n) is 7.17. The number of aliphatic carboxylic acids is 1. The molecule has 108 valence electrons. The van der Waals surface area contributed by atoms with Gasteiger partial charge in [-0.25, -0.2) is 0 Å². The van der Waals surface area contributed by atoms with Crippen LogP contribution < -0.4 is 39.4 Å². The Labute approximate surface area is 152 Å². The van der Waals surface area contributed by atoms with E-state index >= 15 is 0 Å². The molecule has 0 fully saturated rings. The molecule has 3 nitrogen and oxygen atoms in total. The zero-order valence-corrected chi connectivity index (χ0v) is 15.1. The van der Waals surface area contributed by atoms with Crippen LogP contribution in [-0.2, 0) is 11.2 Å². The van der Waals surface area contributed by atoms with Crippen molar-refractivity contribution in [1.82, 2.24) is 0 Å². The van der Waals surface area contributed by atoms with Gasteiger partial charge in [-0.3, -0.25) is 0 Å². The maximum absolute atomic E-state index is 11.8. The summed E-state index contributed by atoms with van der Waals surface area (Å²) in [6.45, 7) is 4.23. The molecule has 0 radical (unpaired) electrons. The third kappa shape index (κ3) is 3.07. The number of para-hydroxylation sites is 1. The molecule has 1 unspecified atom stereocenters. The van der Waals surface area contributed by atoms with Crippen LogP contribution in [0.2, 0.25) is 0 Å². The smallest absolute Gasteiger partial charge is 0.549 e. The Morgan fingerprint density at radius 2 is 1.82 bits per heavy atom. The van der Waals surface area contributed by atoms with E-state index in [1.165, 1.54) is 0 Å². The first kappa shape index (κ1) is 17.1. The van der Waals surface area contributed by atoms with Gasteiger partial charge in [0.05, 0.1) is 11.9 Å². The average Bonchev–Trinajstić information content (AvgIpc) is 2.44. The molecule has 0 saturated heterocycles. The first-order valence-corrected chi connectivity index (χ1v) is 7.17. The third-order valence-corrected chi connectivity index (χ3v) is 3.76. The first-order chi connectivity index (χ1) is 10.1. The van der Waals surface area contributed by atoms with E-state index in [4.69, 9.17) is 4.74 Å². The van der Waals surface area contributed by atoms with E-state index in [0.717, 1.165) is 17.5 Å². The van der Waals surface area contributed by atoms with Crippen molar-refractivity contribution in [2.75, 3.05) is 0 Å². The molecule has 1 aliphatic rings. The molecule has 0 bridgehead atoms. The number of hydrogen-bond acceptors (Lipinski definition) is 3.